The van der Waals surface area contributed by atoms with Gasteiger partial charge in [0.2, 0.25) is 5.95 Å². The lowest BCUT2D eigenvalue weighted by Crippen LogP contribution is -2.04. The van der Waals surface area contributed by atoms with Crippen LogP contribution in [0.25, 0.3) is 16.9 Å². The highest BCUT2D eigenvalue weighted by Gasteiger charge is 2.14. The van der Waals surface area contributed by atoms with Crippen LogP contribution in [-0.2, 0) is 0 Å². The van der Waals surface area contributed by atoms with Crippen LogP contribution in [0.4, 0.5) is 5.95 Å². The van der Waals surface area contributed by atoms with Crippen LogP contribution in [0.2, 0.25) is 0 Å². The molecule has 5 nitrogen and oxygen atoms in total. The van der Waals surface area contributed by atoms with Gasteiger partial charge in [-0.25, -0.2) is 9.97 Å². The molecule has 0 aliphatic heterocycles. The van der Waals surface area contributed by atoms with Crippen molar-refractivity contribution in [1.82, 2.24) is 14.5 Å². The number of nitrogens with zero attached hydrogens (tertiary/aromatic N) is 3. The molecule has 0 unspecified atom stereocenters. The second kappa shape index (κ2) is 4.61. The Morgan fingerprint density at radius 2 is 2.05 bits per heavy atom. The maximum atomic E-state index is 6.01. The molecular weight excluding hydrogens is 240 g/mol. The maximum absolute atomic E-state index is 6.01. The zero-order valence-electron chi connectivity index (χ0n) is 10.6. The van der Waals surface area contributed by atoms with Crippen molar-refractivity contribution in [2.24, 2.45) is 0 Å². The Hall–Kier alpha value is -2.56. The van der Waals surface area contributed by atoms with Gasteiger partial charge in [-0.05, 0) is 31.2 Å². The standard InChI is InChI=1S/C14H14N4O/c1-2-19-12-8-4-3-7-11(12)18-13-10(17-14(18)15)6-5-9-16-13/h3-9H,2H2,1H3,(H2,15,17). The predicted octanol–water partition coefficient (Wildman–Crippen LogP) is 2.40. The molecule has 0 saturated heterocycles. The molecule has 19 heavy (non-hydrogen) atoms. The quantitative estimate of drug-likeness (QED) is 0.779. The number of rotatable bonds is 3. The number of ether oxygens (including phenoxy) is 1. The Kier molecular flexibility index (Phi) is 2.79. The first-order chi connectivity index (χ1) is 9.31. The molecule has 2 aromatic heterocycles. The highest BCUT2D eigenvalue weighted by Crippen LogP contribution is 2.28. The van der Waals surface area contributed by atoms with Crippen LogP contribution in [0.15, 0.2) is 42.6 Å². The molecule has 0 bridgehead atoms. The van der Waals surface area contributed by atoms with Crippen LogP contribution < -0.4 is 10.5 Å². The van der Waals surface area contributed by atoms with Gasteiger partial charge in [0.25, 0.3) is 0 Å². The number of nitrogens with two attached hydrogens (primary N) is 1. The lowest BCUT2D eigenvalue weighted by atomic mass is 10.3. The first-order valence-electron chi connectivity index (χ1n) is 6.12. The van der Waals surface area contributed by atoms with Gasteiger partial charge in [0.05, 0.1) is 12.3 Å². The molecule has 96 valence electrons. The lowest BCUT2D eigenvalue weighted by molar-refractivity contribution is 0.339. The summed E-state index contributed by atoms with van der Waals surface area (Å²) in [6.45, 7) is 2.54. The molecule has 3 rings (SSSR count). The van der Waals surface area contributed by atoms with E-state index in [-0.39, 0.29) is 0 Å². The second-order valence-electron chi connectivity index (χ2n) is 4.05. The van der Waals surface area contributed by atoms with Crippen molar-refractivity contribution < 1.29 is 4.74 Å². The summed E-state index contributed by atoms with van der Waals surface area (Å²) in [5, 5.41) is 0. The van der Waals surface area contributed by atoms with Crippen LogP contribution in [0.3, 0.4) is 0 Å². The average Bonchev–Trinajstić information content (AvgIpc) is 2.76. The molecule has 1 aromatic carbocycles. The predicted molar refractivity (Wildman–Crippen MR) is 74.4 cm³/mol. The fraction of sp³-hybridized carbons (Fsp3) is 0.143. The average molecular weight is 254 g/mol. The van der Waals surface area contributed by atoms with Crippen LogP contribution in [0, 0.1) is 0 Å². The highest BCUT2D eigenvalue weighted by atomic mass is 16.5. The van der Waals surface area contributed by atoms with Crippen LogP contribution in [0.5, 0.6) is 5.75 Å². The molecule has 0 amide bonds. The first kappa shape index (κ1) is 11.5. The van der Waals surface area contributed by atoms with Crippen molar-refractivity contribution in [1.29, 1.82) is 0 Å². The molecule has 0 saturated carbocycles. The van der Waals surface area contributed by atoms with Crippen molar-refractivity contribution in [2.45, 2.75) is 6.92 Å². The molecule has 0 fully saturated rings. The second-order valence-corrected chi connectivity index (χ2v) is 4.05. The van der Waals surface area contributed by atoms with Gasteiger partial charge < -0.3 is 10.5 Å². The molecule has 0 atom stereocenters. The molecule has 0 spiro atoms. The summed E-state index contributed by atoms with van der Waals surface area (Å²) in [5.74, 6) is 1.17. The molecule has 2 N–H and O–H groups in total. The summed E-state index contributed by atoms with van der Waals surface area (Å²) in [7, 11) is 0. The Morgan fingerprint density at radius 3 is 2.89 bits per heavy atom. The van der Waals surface area contributed by atoms with E-state index < -0.39 is 0 Å². The number of imidazole rings is 1. The lowest BCUT2D eigenvalue weighted by Gasteiger charge is -2.11. The maximum Gasteiger partial charge on any atom is 0.207 e. The minimum atomic E-state index is 0.404. The Bertz CT molecular complexity index is 720. The van der Waals surface area contributed by atoms with Crippen LogP contribution in [-0.4, -0.2) is 21.1 Å². The van der Waals surface area contributed by atoms with Crippen LogP contribution >= 0.6 is 0 Å². The van der Waals surface area contributed by atoms with E-state index in [4.69, 9.17) is 10.5 Å². The van der Waals surface area contributed by atoms with Gasteiger partial charge in [0.15, 0.2) is 5.65 Å². The van der Waals surface area contributed by atoms with E-state index in [0.717, 1.165) is 22.6 Å². The van der Waals surface area contributed by atoms with Crippen LogP contribution in [0.1, 0.15) is 6.92 Å². The van der Waals surface area contributed by atoms with Crippen molar-refractivity contribution >= 4 is 17.1 Å². The van der Waals surface area contributed by atoms with Gasteiger partial charge >= 0.3 is 0 Å². The number of hydrogen-bond donors (Lipinski definition) is 1. The monoisotopic (exact) mass is 254 g/mol. The summed E-state index contributed by atoms with van der Waals surface area (Å²) in [4.78, 5) is 8.66. The van der Waals surface area contributed by atoms with Gasteiger partial charge in [0, 0.05) is 6.20 Å². The topological polar surface area (TPSA) is 66.0 Å². The third-order valence-electron chi connectivity index (χ3n) is 2.85. The van der Waals surface area contributed by atoms with Crippen molar-refractivity contribution in [3.63, 3.8) is 0 Å². The molecule has 0 radical (unpaired) electrons. The molecule has 2 heterocycles. The third-order valence-corrected chi connectivity index (χ3v) is 2.85. The summed E-state index contributed by atoms with van der Waals surface area (Å²) in [6, 6.07) is 11.4. The number of para-hydroxylation sites is 2. The molecular formula is C14H14N4O. The van der Waals surface area contributed by atoms with Gasteiger partial charge in [-0.3, -0.25) is 4.57 Å². The first-order valence-corrected chi connectivity index (χ1v) is 6.12. The minimum Gasteiger partial charge on any atom is -0.492 e. The molecule has 3 aromatic rings. The summed E-state index contributed by atoms with van der Waals surface area (Å²) >= 11 is 0. The van der Waals surface area contributed by atoms with Gasteiger partial charge in [-0.2, -0.15) is 0 Å². The fourth-order valence-corrected chi connectivity index (χ4v) is 2.09. The van der Waals surface area contributed by atoms with E-state index in [1.165, 1.54) is 0 Å². The zero-order chi connectivity index (χ0) is 13.2. The summed E-state index contributed by atoms with van der Waals surface area (Å²) in [6.07, 6.45) is 1.73. The molecule has 0 aliphatic rings. The number of anilines is 1. The number of hydrogen-bond acceptors (Lipinski definition) is 4. The number of pyridine rings is 1. The number of nitrogen functional groups attached to an aromatic ring is 1. The Morgan fingerprint density at radius 1 is 1.21 bits per heavy atom. The number of fused-ring (bicyclic) bond motifs is 1. The third kappa shape index (κ3) is 1.89. The zero-order valence-corrected chi connectivity index (χ0v) is 10.6. The van der Waals surface area contributed by atoms with E-state index in [1.54, 1.807) is 10.8 Å². The molecule has 5 heteroatoms. The smallest absolute Gasteiger partial charge is 0.207 e. The van der Waals surface area contributed by atoms with Crippen molar-refractivity contribution in [3.05, 3.63) is 42.6 Å². The van der Waals surface area contributed by atoms with Gasteiger partial charge in [-0.15, -0.1) is 0 Å². The van der Waals surface area contributed by atoms with Crippen molar-refractivity contribution in [2.75, 3.05) is 12.3 Å². The summed E-state index contributed by atoms with van der Waals surface area (Å²) < 4.78 is 7.44. The Balaban J connectivity index is 2.27. The number of benzene rings is 1. The molecule has 0 aliphatic carbocycles. The van der Waals surface area contributed by atoms with E-state index in [2.05, 4.69) is 9.97 Å². The van der Waals surface area contributed by atoms with E-state index in [9.17, 15) is 0 Å². The summed E-state index contributed by atoms with van der Waals surface area (Å²) in [5.41, 5.74) is 8.36. The van der Waals surface area contributed by atoms with Gasteiger partial charge in [0.1, 0.15) is 11.3 Å². The SMILES string of the molecule is CCOc1ccccc1-n1c(N)nc2cccnc21. The van der Waals surface area contributed by atoms with E-state index >= 15 is 0 Å². The van der Waals surface area contributed by atoms with Gasteiger partial charge in [-0.1, -0.05) is 12.1 Å². The Labute approximate surface area is 110 Å². The fourth-order valence-electron chi connectivity index (χ4n) is 2.09. The van der Waals surface area contributed by atoms with E-state index in [0.29, 0.717) is 12.6 Å². The number of aromatic nitrogens is 3. The normalized spacial score (nSPS) is 10.8. The van der Waals surface area contributed by atoms with Crippen molar-refractivity contribution in [3.8, 4) is 11.4 Å². The highest BCUT2D eigenvalue weighted by molar-refractivity contribution is 5.77. The van der Waals surface area contributed by atoms with E-state index in [1.807, 2.05) is 43.3 Å². The minimum absolute atomic E-state index is 0.404. The largest absolute Gasteiger partial charge is 0.492 e.